The van der Waals surface area contributed by atoms with E-state index in [4.69, 9.17) is 24.4 Å². The summed E-state index contributed by atoms with van der Waals surface area (Å²) in [5.41, 5.74) is -3.62. The lowest BCUT2D eigenvalue weighted by atomic mass is 9.65. The van der Waals surface area contributed by atoms with Crippen LogP contribution in [0.25, 0.3) is 0 Å². The van der Waals surface area contributed by atoms with Crippen LogP contribution < -0.4 is 0 Å². The topological polar surface area (TPSA) is 136 Å². The summed E-state index contributed by atoms with van der Waals surface area (Å²) in [7, 11) is 1.23. The normalized spacial score (nSPS) is 15.8. The highest BCUT2D eigenvalue weighted by Gasteiger charge is 2.49. The van der Waals surface area contributed by atoms with Gasteiger partial charge in [-0.1, -0.05) is 6.92 Å². The Hall–Kier alpha value is -2.16. The summed E-state index contributed by atoms with van der Waals surface area (Å²) in [6.07, 6.45) is 0.160. The molecule has 2 unspecified atom stereocenters. The summed E-state index contributed by atoms with van der Waals surface area (Å²) in [5.74, 6) is -3.40. The van der Waals surface area contributed by atoms with Gasteiger partial charge in [-0.25, -0.2) is 4.79 Å². The highest BCUT2D eigenvalue weighted by molar-refractivity contribution is 5.83. The molecule has 9 heteroatoms. The zero-order valence-corrected chi connectivity index (χ0v) is 16.8. The fraction of sp³-hybridized carbons (Fsp3) is 0.778. The van der Waals surface area contributed by atoms with E-state index >= 15 is 0 Å². The van der Waals surface area contributed by atoms with Crippen molar-refractivity contribution >= 4 is 23.9 Å². The largest absolute Gasteiger partial charge is 0.479 e. The first kappa shape index (κ1) is 24.8. The lowest BCUT2D eigenvalue weighted by Gasteiger charge is -2.39. The molecule has 0 fully saturated rings. The van der Waals surface area contributed by atoms with Gasteiger partial charge >= 0.3 is 23.9 Å². The predicted octanol–water partition coefficient (Wildman–Crippen LogP) is 1.51. The number of carboxylic acids is 1. The highest BCUT2D eigenvalue weighted by Crippen LogP contribution is 2.45. The van der Waals surface area contributed by atoms with Crippen LogP contribution in [0.5, 0.6) is 0 Å². The number of rotatable bonds is 11. The molecule has 0 aliphatic heterocycles. The smallest absolute Gasteiger partial charge is 0.341 e. The second kappa shape index (κ2) is 9.68. The Labute approximate surface area is 159 Å². The molecule has 0 rings (SSSR count). The summed E-state index contributed by atoms with van der Waals surface area (Å²) in [5, 5.41) is 17.7. The lowest BCUT2D eigenvalue weighted by molar-refractivity contribution is -0.174. The molecule has 156 valence electrons. The highest BCUT2D eigenvalue weighted by atomic mass is 16.6. The number of methoxy groups -OCH3 is 1. The molecule has 0 bridgehead atoms. The van der Waals surface area contributed by atoms with Gasteiger partial charge in [-0.15, -0.1) is 0 Å². The molecule has 0 amide bonds. The number of aliphatic hydroxyl groups is 1. The maximum atomic E-state index is 12.6. The van der Waals surface area contributed by atoms with Crippen LogP contribution in [0.3, 0.4) is 0 Å². The van der Waals surface area contributed by atoms with Crippen LogP contribution in [0.4, 0.5) is 0 Å². The summed E-state index contributed by atoms with van der Waals surface area (Å²) < 4.78 is 14.3. The van der Waals surface area contributed by atoms with E-state index < -0.39 is 53.5 Å². The number of carbonyl (C=O) groups excluding carboxylic acids is 3. The zero-order chi connectivity index (χ0) is 21.5. The quantitative estimate of drug-likeness (QED) is 0.305. The number of aliphatic hydroxyl groups excluding tert-OH is 1. The van der Waals surface area contributed by atoms with Gasteiger partial charge < -0.3 is 24.4 Å². The molecule has 0 radical (unpaired) electrons. The number of ether oxygens (including phenoxy) is 3. The van der Waals surface area contributed by atoms with E-state index in [9.17, 15) is 19.2 Å². The van der Waals surface area contributed by atoms with Crippen LogP contribution in [0.15, 0.2) is 0 Å². The minimum Gasteiger partial charge on any atom is -0.479 e. The van der Waals surface area contributed by atoms with E-state index in [1.54, 1.807) is 27.7 Å². The minimum atomic E-state index is -1.34. The molecular weight excluding hydrogens is 360 g/mol. The fourth-order valence-corrected chi connectivity index (χ4v) is 3.27. The van der Waals surface area contributed by atoms with E-state index in [1.165, 1.54) is 14.0 Å². The first-order valence-corrected chi connectivity index (χ1v) is 8.53. The third-order valence-corrected chi connectivity index (χ3v) is 4.64. The van der Waals surface area contributed by atoms with Gasteiger partial charge in [-0.05, 0) is 47.0 Å². The van der Waals surface area contributed by atoms with E-state index in [-0.39, 0.29) is 19.3 Å². The average Bonchev–Trinajstić information content (AvgIpc) is 2.58. The third kappa shape index (κ3) is 6.82. The Bertz CT molecular complexity index is 569. The minimum absolute atomic E-state index is 0.0205. The molecule has 0 heterocycles. The Kier molecular flexibility index (Phi) is 8.91. The number of hydrogen-bond acceptors (Lipinski definition) is 8. The summed E-state index contributed by atoms with van der Waals surface area (Å²) in [6.45, 7) is 6.32. The van der Waals surface area contributed by atoms with Crippen LogP contribution in [0.2, 0.25) is 0 Å². The van der Waals surface area contributed by atoms with Crippen molar-refractivity contribution in [2.45, 2.75) is 53.9 Å². The van der Waals surface area contributed by atoms with Gasteiger partial charge in [0.2, 0.25) is 0 Å². The molecule has 0 aromatic heterocycles. The van der Waals surface area contributed by atoms with E-state index in [0.717, 1.165) is 0 Å². The Morgan fingerprint density at radius 1 is 0.852 bits per heavy atom. The first-order valence-electron chi connectivity index (χ1n) is 8.53. The molecular formula is C18H30O9. The average molecular weight is 390 g/mol. The van der Waals surface area contributed by atoms with Crippen LogP contribution in [0, 0.1) is 16.2 Å². The maximum absolute atomic E-state index is 12.6. The zero-order valence-electron chi connectivity index (χ0n) is 16.8. The Morgan fingerprint density at radius 3 is 1.78 bits per heavy atom. The Morgan fingerprint density at radius 2 is 1.37 bits per heavy atom. The molecule has 27 heavy (non-hydrogen) atoms. The third-order valence-electron chi connectivity index (χ3n) is 4.64. The van der Waals surface area contributed by atoms with E-state index in [0.29, 0.717) is 0 Å². The molecule has 0 spiro atoms. The standard InChI is InChI=1S/C18H30O9/c1-7-17(4,14(23)26-8-12(20)21)10-18(5,15(24)27-11-19)9-16(2,3)13(22)25-6/h19H,7-11H2,1-6H3,(H,20,21). The number of carboxylic acid groups (broad SMARTS) is 1. The number of aliphatic carboxylic acids is 1. The van der Waals surface area contributed by atoms with Crippen molar-refractivity contribution in [3.63, 3.8) is 0 Å². The van der Waals surface area contributed by atoms with Crippen molar-refractivity contribution in [1.29, 1.82) is 0 Å². The van der Waals surface area contributed by atoms with Gasteiger partial charge in [0.15, 0.2) is 13.4 Å². The lowest BCUT2D eigenvalue weighted by Crippen LogP contribution is -2.44. The second-order valence-corrected chi connectivity index (χ2v) is 7.73. The number of carbonyl (C=O) groups is 4. The molecule has 0 aromatic rings. The summed E-state index contributed by atoms with van der Waals surface area (Å²) in [6, 6.07) is 0. The first-order chi connectivity index (χ1) is 12.3. The number of esters is 3. The summed E-state index contributed by atoms with van der Waals surface area (Å²) in [4.78, 5) is 47.7. The van der Waals surface area contributed by atoms with Crippen LogP contribution in [-0.4, -0.2) is 54.6 Å². The molecule has 2 atom stereocenters. The number of hydrogen-bond donors (Lipinski definition) is 2. The van der Waals surface area contributed by atoms with Crippen molar-refractivity contribution in [2.24, 2.45) is 16.2 Å². The van der Waals surface area contributed by atoms with Gasteiger partial charge in [0.1, 0.15) is 0 Å². The van der Waals surface area contributed by atoms with Crippen molar-refractivity contribution in [1.82, 2.24) is 0 Å². The van der Waals surface area contributed by atoms with Crippen molar-refractivity contribution in [3.05, 3.63) is 0 Å². The van der Waals surface area contributed by atoms with Gasteiger partial charge in [0.25, 0.3) is 0 Å². The van der Waals surface area contributed by atoms with Crippen molar-refractivity contribution in [3.8, 4) is 0 Å². The maximum Gasteiger partial charge on any atom is 0.341 e. The molecule has 0 saturated carbocycles. The monoisotopic (exact) mass is 390 g/mol. The van der Waals surface area contributed by atoms with Gasteiger partial charge in [0.05, 0.1) is 23.4 Å². The molecule has 2 N–H and O–H groups in total. The van der Waals surface area contributed by atoms with Crippen LogP contribution in [-0.2, 0) is 33.4 Å². The van der Waals surface area contributed by atoms with Gasteiger partial charge in [-0.3, -0.25) is 14.4 Å². The summed E-state index contributed by atoms with van der Waals surface area (Å²) >= 11 is 0. The van der Waals surface area contributed by atoms with Crippen LogP contribution >= 0.6 is 0 Å². The van der Waals surface area contributed by atoms with E-state index in [2.05, 4.69) is 0 Å². The fourth-order valence-electron chi connectivity index (χ4n) is 3.27. The predicted molar refractivity (Wildman–Crippen MR) is 93.3 cm³/mol. The van der Waals surface area contributed by atoms with Crippen LogP contribution in [0.1, 0.15) is 53.9 Å². The molecule has 9 nitrogen and oxygen atoms in total. The van der Waals surface area contributed by atoms with Gasteiger partial charge in [0, 0.05) is 0 Å². The molecule has 0 aliphatic rings. The second-order valence-electron chi connectivity index (χ2n) is 7.73. The molecule has 0 aliphatic carbocycles. The van der Waals surface area contributed by atoms with Crippen molar-refractivity contribution in [2.75, 3.05) is 20.5 Å². The molecule has 0 aromatic carbocycles. The SMILES string of the molecule is CCC(C)(CC(C)(CC(C)(C)C(=O)OC)C(=O)OCO)C(=O)OCC(=O)O. The van der Waals surface area contributed by atoms with E-state index in [1.807, 2.05) is 0 Å². The Balaban J connectivity index is 5.79. The van der Waals surface area contributed by atoms with Crippen molar-refractivity contribution < 1.29 is 43.6 Å². The van der Waals surface area contributed by atoms with Gasteiger partial charge in [-0.2, -0.15) is 0 Å². The molecule has 0 saturated heterocycles.